The number of nitrogens with one attached hydrogen (secondary N) is 1. The largest absolute Gasteiger partial charge is 0.347 e. The van der Waals surface area contributed by atoms with Crippen LogP contribution >= 0.6 is 0 Å². The maximum Gasteiger partial charge on any atom is 0.0483 e. The smallest absolute Gasteiger partial charge is 0.0483 e. The van der Waals surface area contributed by atoms with Gasteiger partial charge in [-0.1, -0.05) is 11.6 Å². The van der Waals surface area contributed by atoms with Crippen LogP contribution in [0, 0.1) is 6.92 Å². The van der Waals surface area contributed by atoms with E-state index in [4.69, 9.17) is 5.73 Å². The minimum absolute atomic E-state index is 0.754. The summed E-state index contributed by atoms with van der Waals surface area (Å²) in [6, 6.07) is 6.82. The maximum atomic E-state index is 5.69. The van der Waals surface area contributed by atoms with E-state index in [0.29, 0.717) is 0 Å². The van der Waals surface area contributed by atoms with Gasteiger partial charge in [0.25, 0.3) is 0 Å². The lowest BCUT2D eigenvalue weighted by Crippen LogP contribution is -2.43. The third kappa shape index (κ3) is 4.14. The van der Waals surface area contributed by atoms with Gasteiger partial charge in [0.05, 0.1) is 0 Å². The highest BCUT2D eigenvalue weighted by Crippen LogP contribution is 2.24. The molecule has 0 aliphatic carbocycles. The van der Waals surface area contributed by atoms with Crippen molar-refractivity contribution in [2.45, 2.75) is 32.7 Å². The summed E-state index contributed by atoms with van der Waals surface area (Å²) in [5, 5.41) is 4.85. The summed E-state index contributed by atoms with van der Waals surface area (Å²) >= 11 is 0. The molecular weight excluding hydrogens is 284 g/mol. The van der Waals surface area contributed by atoms with E-state index in [0.717, 1.165) is 32.6 Å². The minimum atomic E-state index is 0.754. The van der Waals surface area contributed by atoms with Crippen LogP contribution in [0.2, 0.25) is 0 Å². The van der Waals surface area contributed by atoms with Crippen LogP contribution < -0.4 is 11.1 Å². The molecule has 1 aliphatic rings. The number of rotatable bonds is 7. The van der Waals surface area contributed by atoms with Gasteiger partial charge >= 0.3 is 0 Å². The van der Waals surface area contributed by atoms with Gasteiger partial charge in [-0.2, -0.15) is 0 Å². The number of piperazine rings is 1. The molecule has 1 aliphatic heterocycles. The predicted molar refractivity (Wildman–Crippen MR) is 98.0 cm³/mol. The summed E-state index contributed by atoms with van der Waals surface area (Å²) in [5.41, 5.74) is 9.89. The standard InChI is InChI=1S/C19H30N4/c1-16-5-6-19-18(14-16)17(15-23(19)11-3-7-20)4-2-10-22-12-8-21-9-13-22/h5-6,14-15,21H,2-4,7-13,20H2,1H3. The van der Waals surface area contributed by atoms with Crippen molar-refractivity contribution >= 4 is 10.9 Å². The molecule has 23 heavy (non-hydrogen) atoms. The summed E-state index contributed by atoms with van der Waals surface area (Å²) in [4.78, 5) is 2.58. The van der Waals surface area contributed by atoms with Gasteiger partial charge < -0.3 is 20.5 Å². The zero-order valence-electron chi connectivity index (χ0n) is 14.4. The number of aryl methyl sites for hydroxylation is 3. The summed E-state index contributed by atoms with van der Waals surface area (Å²) in [6.07, 6.45) is 5.80. The number of hydrogen-bond donors (Lipinski definition) is 2. The number of benzene rings is 1. The molecule has 2 aromatic rings. The molecule has 4 heteroatoms. The second kappa shape index (κ2) is 7.95. The molecule has 0 bridgehead atoms. The Morgan fingerprint density at radius 1 is 1.13 bits per heavy atom. The van der Waals surface area contributed by atoms with Gasteiger partial charge in [0.2, 0.25) is 0 Å². The molecule has 1 fully saturated rings. The zero-order valence-corrected chi connectivity index (χ0v) is 14.4. The molecule has 0 unspecified atom stereocenters. The van der Waals surface area contributed by atoms with Crippen LogP contribution in [0.1, 0.15) is 24.0 Å². The van der Waals surface area contributed by atoms with Crippen LogP contribution in [0.15, 0.2) is 24.4 Å². The highest BCUT2D eigenvalue weighted by molar-refractivity contribution is 5.84. The number of hydrogen-bond acceptors (Lipinski definition) is 3. The van der Waals surface area contributed by atoms with Crippen molar-refractivity contribution in [1.29, 1.82) is 0 Å². The molecule has 2 heterocycles. The van der Waals surface area contributed by atoms with E-state index < -0.39 is 0 Å². The van der Waals surface area contributed by atoms with Crippen molar-refractivity contribution < 1.29 is 0 Å². The van der Waals surface area contributed by atoms with Gasteiger partial charge in [-0.25, -0.2) is 0 Å². The predicted octanol–water partition coefficient (Wildman–Crippen LogP) is 2.14. The fraction of sp³-hybridized carbons (Fsp3) is 0.579. The van der Waals surface area contributed by atoms with E-state index in [1.165, 1.54) is 54.5 Å². The molecular formula is C19H30N4. The van der Waals surface area contributed by atoms with Crippen LogP contribution in [-0.2, 0) is 13.0 Å². The zero-order chi connectivity index (χ0) is 16.1. The van der Waals surface area contributed by atoms with Crippen LogP contribution in [0.3, 0.4) is 0 Å². The molecule has 1 aromatic heterocycles. The SMILES string of the molecule is Cc1ccc2c(c1)c(CCCN1CCNCC1)cn2CCCN. The number of nitrogens with two attached hydrogens (primary N) is 1. The van der Waals surface area contributed by atoms with Gasteiger partial charge in [-0.15, -0.1) is 0 Å². The van der Waals surface area contributed by atoms with Crippen molar-refractivity contribution in [2.24, 2.45) is 5.73 Å². The number of nitrogens with zero attached hydrogens (tertiary/aromatic N) is 2. The normalized spacial score (nSPS) is 16.3. The molecule has 3 N–H and O–H groups in total. The Labute approximate surface area is 139 Å². The molecule has 1 aromatic carbocycles. The Morgan fingerprint density at radius 3 is 2.74 bits per heavy atom. The fourth-order valence-corrected chi connectivity index (χ4v) is 3.56. The fourth-order valence-electron chi connectivity index (χ4n) is 3.56. The van der Waals surface area contributed by atoms with Gasteiger partial charge in [-0.3, -0.25) is 0 Å². The Balaban J connectivity index is 1.69. The lowest BCUT2D eigenvalue weighted by molar-refractivity contribution is 0.238. The highest BCUT2D eigenvalue weighted by atomic mass is 15.2. The van der Waals surface area contributed by atoms with E-state index in [1.54, 1.807) is 0 Å². The first-order chi connectivity index (χ1) is 11.3. The molecule has 0 atom stereocenters. The molecule has 3 rings (SSSR count). The molecule has 0 spiro atoms. The Hall–Kier alpha value is -1.36. The summed E-state index contributed by atoms with van der Waals surface area (Å²) in [5.74, 6) is 0. The lowest BCUT2D eigenvalue weighted by Gasteiger charge is -2.26. The van der Waals surface area contributed by atoms with Gasteiger partial charge in [0.15, 0.2) is 0 Å². The van der Waals surface area contributed by atoms with E-state index >= 15 is 0 Å². The van der Waals surface area contributed by atoms with Crippen LogP contribution in [0.25, 0.3) is 10.9 Å². The van der Waals surface area contributed by atoms with Crippen molar-refractivity contribution in [1.82, 2.24) is 14.8 Å². The highest BCUT2D eigenvalue weighted by Gasteiger charge is 2.11. The van der Waals surface area contributed by atoms with Crippen molar-refractivity contribution in [2.75, 3.05) is 39.3 Å². The van der Waals surface area contributed by atoms with E-state index in [-0.39, 0.29) is 0 Å². The first-order valence-electron chi connectivity index (χ1n) is 8.99. The monoisotopic (exact) mass is 314 g/mol. The minimum Gasteiger partial charge on any atom is -0.347 e. The van der Waals surface area contributed by atoms with E-state index in [9.17, 15) is 0 Å². The van der Waals surface area contributed by atoms with Crippen molar-refractivity contribution in [3.05, 3.63) is 35.5 Å². The summed E-state index contributed by atoms with van der Waals surface area (Å²) in [6.45, 7) is 9.83. The second-order valence-electron chi connectivity index (χ2n) is 6.71. The van der Waals surface area contributed by atoms with Crippen LogP contribution in [0.5, 0.6) is 0 Å². The third-order valence-corrected chi connectivity index (χ3v) is 4.85. The quantitative estimate of drug-likeness (QED) is 0.823. The summed E-state index contributed by atoms with van der Waals surface area (Å²) < 4.78 is 2.39. The third-order valence-electron chi connectivity index (χ3n) is 4.85. The molecule has 4 nitrogen and oxygen atoms in total. The molecule has 0 radical (unpaired) electrons. The first-order valence-corrected chi connectivity index (χ1v) is 8.99. The van der Waals surface area contributed by atoms with E-state index in [1.807, 2.05) is 0 Å². The molecule has 1 saturated heterocycles. The van der Waals surface area contributed by atoms with Gasteiger partial charge in [0.1, 0.15) is 0 Å². The lowest BCUT2D eigenvalue weighted by atomic mass is 10.1. The topological polar surface area (TPSA) is 46.2 Å². The molecule has 0 saturated carbocycles. The molecule has 126 valence electrons. The van der Waals surface area contributed by atoms with Crippen molar-refractivity contribution in [3.8, 4) is 0 Å². The van der Waals surface area contributed by atoms with Crippen LogP contribution in [0.4, 0.5) is 0 Å². The summed E-state index contributed by atoms with van der Waals surface area (Å²) in [7, 11) is 0. The first kappa shape index (κ1) is 16.5. The number of aromatic nitrogens is 1. The average molecular weight is 314 g/mol. The Bertz CT molecular complexity index is 626. The second-order valence-corrected chi connectivity index (χ2v) is 6.71. The Kier molecular flexibility index (Phi) is 5.70. The van der Waals surface area contributed by atoms with Gasteiger partial charge in [0, 0.05) is 49.8 Å². The van der Waals surface area contributed by atoms with Crippen molar-refractivity contribution in [3.63, 3.8) is 0 Å². The van der Waals surface area contributed by atoms with Crippen LogP contribution in [-0.4, -0.2) is 48.7 Å². The maximum absolute atomic E-state index is 5.69. The van der Waals surface area contributed by atoms with E-state index in [2.05, 4.69) is 46.1 Å². The number of fused-ring (bicyclic) bond motifs is 1. The van der Waals surface area contributed by atoms with Gasteiger partial charge in [-0.05, 0) is 57.0 Å². The molecule has 0 amide bonds. The Morgan fingerprint density at radius 2 is 1.96 bits per heavy atom. The average Bonchev–Trinajstić information content (AvgIpc) is 2.91.